The molecule has 3 rings (SSSR count). The van der Waals surface area contributed by atoms with Gasteiger partial charge in [-0.15, -0.1) is 0 Å². The number of carbonyl (C=O) groups is 1. The number of anilines is 1. The van der Waals surface area contributed by atoms with Gasteiger partial charge in [-0.25, -0.2) is 0 Å². The second kappa shape index (κ2) is 7.31. The highest BCUT2D eigenvalue weighted by atomic mass is 19.2. The summed E-state index contributed by atoms with van der Waals surface area (Å²) < 4.78 is 54.2. The zero-order valence-corrected chi connectivity index (χ0v) is 14.1. The normalized spacial score (nSPS) is 14.7. The molecule has 4 nitrogen and oxygen atoms in total. The second-order valence-electron chi connectivity index (χ2n) is 6.20. The van der Waals surface area contributed by atoms with Crippen LogP contribution < -0.4 is 4.90 Å². The molecular formula is C18H17F4N3O. The minimum atomic E-state index is -1.68. The Balaban J connectivity index is 1.66. The number of pyridine rings is 1. The Labute approximate surface area is 148 Å². The highest BCUT2D eigenvalue weighted by Crippen LogP contribution is 2.27. The van der Waals surface area contributed by atoms with Crippen molar-refractivity contribution >= 4 is 11.6 Å². The Morgan fingerprint density at radius 1 is 0.962 bits per heavy atom. The molecule has 0 aliphatic carbocycles. The summed E-state index contributed by atoms with van der Waals surface area (Å²) in [5.74, 6) is -6.53. The molecular weight excluding hydrogens is 350 g/mol. The highest BCUT2D eigenvalue weighted by molar-refractivity contribution is 5.79. The first-order valence-corrected chi connectivity index (χ1v) is 8.15. The maximum atomic E-state index is 13.8. The monoisotopic (exact) mass is 367 g/mol. The summed E-state index contributed by atoms with van der Waals surface area (Å²) in [5, 5.41) is 0. The Morgan fingerprint density at radius 2 is 1.50 bits per heavy atom. The van der Waals surface area contributed by atoms with E-state index >= 15 is 0 Å². The van der Waals surface area contributed by atoms with Gasteiger partial charge in [-0.1, -0.05) is 29.8 Å². The molecule has 0 unspecified atom stereocenters. The number of amides is 1. The van der Waals surface area contributed by atoms with E-state index in [4.69, 9.17) is 0 Å². The first kappa shape index (κ1) is 18.2. The van der Waals surface area contributed by atoms with E-state index in [2.05, 4.69) is 4.98 Å². The van der Waals surface area contributed by atoms with E-state index in [1.54, 1.807) is 4.90 Å². The molecule has 0 atom stereocenters. The Bertz CT molecular complexity index is 792. The Hall–Kier alpha value is -2.64. The summed E-state index contributed by atoms with van der Waals surface area (Å²) in [6.45, 7) is 2.49. The van der Waals surface area contributed by atoms with Crippen LogP contribution in [-0.2, 0) is 11.2 Å². The van der Waals surface area contributed by atoms with Crippen molar-refractivity contribution in [1.82, 2.24) is 9.88 Å². The van der Waals surface area contributed by atoms with Crippen LogP contribution in [0.2, 0.25) is 0 Å². The quantitative estimate of drug-likeness (QED) is 0.618. The third kappa shape index (κ3) is 3.63. The van der Waals surface area contributed by atoms with Gasteiger partial charge in [0, 0.05) is 26.2 Å². The number of rotatable bonds is 3. The topological polar surface area (TPSA) is 36.4 Å². The van der Waals surface area contributed by atoms with Crippen molar-refractivity contribution in [2.75, 3.05) is 31.1 Å². The number of aromatic nitrogens is 1. The second-order valence-corrected chi connectivity index (χ2v) is 6.20. The molecule has 1 aliphatic rings. The molecule has 0 bridgehead atoms. The van der Waals surface area contributed by atoms with Gasteiger partial charge >= 0.3 is 0 Å². The van der Waals surface area contributed by atoms with Crippen LogP contribution in [0.25, 0.3) is 0 Å². The molecule has 1 amide bonds. The molecule has 0 N–H and O–H groups in total. The molecule has 1 aromatic heterocycles. The number of hydrogen-bond acceptors (Lipinski definition) is 3. The van der Waals surface area contributed by atoms with E-state index < -0.39 is 29.2 Å². The Kier molecular flexibility index (Phi) is 5.11. The van der Waals surface area contributed by atoms with Crippen molar-refractivity contribution in [2.45, 2.75) is 13.3 Å². The van der Waals surface area contributed by atoms with E-state index in [-0.39, 0.29) is 38.5 Å². The van der Waals surface area contributed by atoms with Gasteiger partial charge in [-0.3, -0.25) is 4.79 Å². The van der Waals surface area contributed by atoms with Gasteiger partial charge < -0.3 is 9.80 Å². The summed E-state index contributed by atoms with van der Waals surface area (Å²) >= 11 is 0. The maximum absolute atomic E-state index is 13.8. The molecule has 0 spiro atoms. The summed E-state index contributed by atoms with van der Waals surface area (Å²) in [4.78, 5) is 17.7. The fourth-order valence-electron chi connectivity index (χ4n) is 2.93. The van der Waals surface area contributed by atoms with E-state index in [1.807, 2.05) is 31.2 Å². The number of carbonyl (C=O) groups excluding carboxylic acids is 1. The molecule has 1 aliphatic heterocycles. The van der Waals surface area contributed by atoms with Crippen LogP contribution in [0, 0.1) is 30.5 Å². The van der Waals surface area contributed by atoms with Crippen LogP contribution >= 0.6 is 0 Å². The number of hydrogen-bond donors (Lipinski definition) is 0. The third-order valence-corrected chi connectivity index (χ3v) is 4.40. The van der Waals surface area contributed by atoms with E-state index in [9.17, 15) is 22.4 Å². The van der Waals surface area contributed by atoms with Gasteiger partial charge in [0.25, 0.3) is 11.9 Å². The van der Waals surface area contributed by atoms with Crippen LogP contribution in [0.4, 0.5) is 23.2 Å². The van der Waals surface area contributed by atoms with Crippen molar-refractivity contribution < 1.29 is 22.4 Å². The van der Waals surface area contributed by atoms with Crippen LogP contribution in [-0.4, -0.2) is 42.0 Å². The van der Waals surface area contributed by atoms with Gasteiger partial charge in [0.15, 0.2) is 0 Å². The van der Waals surface area contributed by atoms with E-state index in [0.717, 1.165) is 11.1 Å². The molecule has 8 heteroatoms. The number of aryl methyl sites for hydroxylation is 1. The minimum absolute atomic E-state index is 0.0658. The first-order valence-electron chi connectivity index (χ1n) is 8.15. The molecule has 1 saturated heterocycles. The van der Waals surface area contributed by atoms with Crippen LogP contribution in [0.1, 0.15) is 11.1 Å². The predicted octanol–water partition coefficient (Wildman–Crippen LogP) is 2.84. The maximum Gasteiger partial charge on any atom is 0.253 e. The average molecular weight is 367 g/mol. The number of nitrogens with zero attached hydrogens (tertiary/aromatic N) is 3. The third-order valence-electron chi connectivity index (χ3n) is 4.40. The van der Waals surface area contributed by atoms with Gasteiger partial charge in [-0.05, 0) is 12.5 Å². The molecule has 1 aromatic carbocycles. The predicted molar refractivity (Wildman–Crippen MR) is 87.7 cm³/mol. The lowest BCUT2D eigenvalue weighted by Crippen LogP contribution is -2.49. The largest absolute Gasteiger partial charge is 0.363 e. The molecule has 0 radical (unpaired) electrons. The molecule has 0 saturated carbocycles. The SMILES string of the molecule is Cc1ccc(CC(=O)N2CCN(c3c(F)c(F)nc(F)c3F)CC2)cc1. The zero-order chi connectivity index (χ0) is 18.8. The van der Waals surface area contributed by atoms with Crippen molar-refractivity contribution in [3.8, 4) is 0 Å². The van der Waals surface area contributed by atoms with Gasteiger partial charge in [0.1, 0.15) is 5.69 Å². The molecule has 1 fully saturated rings. The average Bonchev–Trinajstić information content (AvgIpc) is 2.63. The number of piperazine rings is 1. The van der Waals surface area contributed by atoms with Crippen molar-refractivity contribution in [2.24, 2.45) is 0 Å². The molecule has 2 heterocycles. The first-order chi connectivity index (χ1) is 12.4. The van der Waals surface area contributed by atoms with Crippen molar-refractivity contribution in [1.29, 1.82) is 0 Å². The van der Waals surface area contributed by atoms with Gasteiger partial charge in [0.05, 0.1) is 6.42 Å². The van der Waals surface area contributed by atoms with Crippen molar-refractivity contribution in [3.05, 3.63) is 58.9 Å². The summed E-state index contributed by atoms with van der Waals surface area (Å²) in [5.41, 5.74) is 1.19. The van der Waals surface area contributed by atoms with Gasteiger partial charge in [-0.2, -0.15) is 22.5 Å². The zero-order valence-electron chi connectivity index (χ0n) is 14.1. The Morgan fingerprint density at radius 3 is 2.04 bits per heavy atom. The van der Waals surface area contributed by atoms with Crippen LogP contribution in [0.5, 0.6) is 0 Å². The standard InChI is InChI=1S/C18H17F4N3O/c1-11-2-4-12(5-3-11)10-13(26)24-6-8-25(9-7-24)16-14(19)17(21)23-18(22)15(16)20/h2-5H,6-10H2,1H3. The minimum Gasteiger partial charge on any atom is -0.363 e. The lowest BCUT2D eigenvalue weighted by Gasteiger charge is -2.36. The highest BCUT2D eigenvalue weighted by Gasteiger charge is 2.29. The van der Waals surface area contributed by atoms with Crippen LogP contribution in [0.15, 0.2) is 24.3 Å². The molecule has 26 heavy (non-hydrogen) atoms. The summed E-state index contributed by atoms with van der Waals surface area (Å²) in [7, 11) is 0. The number of benzene rings is 1. The van der Waals surface area contributed by atoms with E-state index in [0.29, 0.717) is 0 Å². The lowest BCUT2D eigenvalue weighted by molar-refractivity contribution is -0.130. The summed E-state index contributed by atoms with van der Waals surface area (Å²) in [6, 6.07) is 7.57. The lowest BCUT2D eigenvalue weighted by atomic mass is 10.1. The smallest absolute Gasteiger partial charge is 0.253 e. The fraction of sp³-hybridized carbons (Fsp3) is 0.333. The molecule has 2 aromatic rings. The fourth-order valence-corrected chi connectivity index (χ4v) is 2.93. The van der Waals surface area contributed by atoms with E-state index in [1.165, 1.54) is 4.90 Å². The van der Waals surface area contributed by atoms with Crippen LogP contribution in [0.3, 0.4) is 0 Å². The van der Waals surface area contributed by atoms with Crippen molar-refractivity contribution in [3.63, 3.8) is 0 Å². The van der Waals surface area contributed by atoms with Gasteiger partial charge in [0.2, 0.25) is 17.5 Å². The molecule has 138 valence electrons. The summed E-state index contributed by atoms with van der Waals surface area (Å²) in [6.07, 6.45) is 0.224. The number of halogens is 4.